The molecule has 0 aliphatic heterocycles. The molecule has 1 amide bonds. The zero-order valence-corrected chi connectivity index (χ0v) is 10.5. The fraction of sp³-hybridized carbons (Fsp3) is 0.231. The monoisotopic (exact) mass is 248 g/mol. The summed E-state index contributed by atoms with van der Waals surface area (Å²) in [4.78, 5) is 18.0. The number of hydrogen-bond donors (Lipinski definition) is 0. The first kappa shape index (κ1) is 11.9. The number of halogens is 1. The molecular formula is C13H13ClN2O. The molecule has 0 saturated heterocycles. The summed E-state index contributed by atoms with van der Waals surface area (Å²) in [5.74, 6) is -0.0343. The van der Waals surface area contributed by atoms with E-state index in [9.17, 15) is 4.79 Å². The van der Waals surface area contributed by atoms with Crippen molar-refractivity contribution in [3.63, 3.8) is 0 Å². The number of rotatable bonds is 2. The number of benzene rings is 1. The normalized spacial score (nSPS) is 10.5. The predicted octanol–water partition coefficient (Wildman–Crippen LogP) is 2.98. The van der Waals surface area contributed by atoms with Crippen molar-refractivity contribution in [3.8, 4) is 0 Å². The van der Waals surface area contributed by atoms with Crippen LogP contribution < -0.4 is 0 Å². The Kier molecular flexibility index (Phi) is 3.29. The molecule has 1 aromatic carbocycles. The highest BCUT2D eigenvalue weighted by Crippen LogP contribution is 2.21. The molecule has 4 heteroatoms. The molecule has 0 aliphatic carbocycles. The molecule has 1 heterocycles. The molecule has 0 saturated carbocycles. The Morgan fingerprint density at radius 1 is 1.41 bits per heavy atom. The zero-order valence-electron chi connectivity index (χ0n) is 9.77. The van der Waals surface area contributed by atoms with E-state index in [0.29, 0.717) is 17.3 Å². The average Bonchev–Trinajstić information content (AvgIpc) is 2.35. The van der Waals surface area contributed by atoms with Crippen LogP contribution in [0.15, 0.2) is 30.3 Å². The molecule has 0 unspecified atom stereocenters. The van der Waals surface area contributed by atoms with E-state index in [4.69, 9.17) is 11.6 Å². The molecule has 0 atom stereocenters. The molecule has 0 N–H and O–H groups in total. The molecular weight excluding hydrogens is 236 g/mol. The summed E-state index contributed by atoms with van der Waals surface area (Å²) in [7, 11) is 1.77. The minimum atomic E-state index is -0.0343. The van der Waals surface area contributed by atoms with Crippen molar-refractivity contribution in [1.29, 1.82) is 0 Å². The fourth-order valence-electron chi connectivity index (χ4n) is 1.67. The summed E-state index contributed by atoms with van der Waals surface area (Å²) in [5.41, 5.74) is 1.35. The van der Waals surface area contributed by atoms with Crippen molar-refractivity contribution >= 4 is 28.4 Å². The number of amides is 1. The second-order valence-corrected chi connectivity index (χ2v) is 4.22. The van der Waals surface area contributed by atoms with Gasteiger partial charge in [-0.25, -0.2) is 4.98 Å². The standard InChI is InChI=1S/C13H13ClN2O/c1-3-16(2)13(17)10-8-12(14)15-11-7-5-4-6-9(10)11/h4-8H,3H2,1-2H3. The molecule has 0 spiro atoms. The lowest BCUT2D eigenvalue weighted by Gasteiger charge is -2.15. The quantitative estimate of drug-likeness (QED) is 0.766. The van der Waals surface area contributed by atoms with E-state index < -0.39 is 0 Å². The molecule has 2 rings (SSSR count). The lowest BCUT2D eigenvalue weighted by Crippen LogP contribution is -2.26. The maximum absolute atomic E-state index is 12.2. The van der Waals surface area contributed by atoms with E-state index in [0.717, 1.165) is 10.9 Å². The minimum Gasteiger partial charge on any atom is -0.342 e. The summed E-state index contributed by atoms with van der Waals surface area (Å²) >= 11 is 5.93. The van der Waals surface area contributed by atoms with Crippen molar-refractivity contribution in [2.45, 2.75) is 6.92 Å². The SMILES string of the molecule is CCN(C)C(=O)c1cc(Cl)nc2ccccc12. The third-order valence-corrected chi connectivity index (χ3v) is 2.93. The van der Waals surface area contributed by atoms with Gasteiger partial charge in [-0.1, -0.05) is 29.8 Å². The first-order valence-electron chi connectivity index (χ1n) is 5.44. The molecule has 0 aliphatic rings. The van der Waals surface area contributed by atoms with Crippen LogP contribution in [0.2, 0.25) is 5.15 Å². The van der Waals surface area contributed by atoms with Crippen molar-refractivity contribution in [2.24, 2.45) is 0 Å². The minimum absolute atomic E-state index is 0.0343. The van der Waals surface area contributed by atoms with Gasteiger partial charge in [-0.2, -0.15) is 0 Å². The Balaban J connectivity index is 2.64. The summed E-state index contributed by atoms with van der Waals surface area (Å²) < 4.78 is 0. The van der Waals surface area contributed by atoms with E-state index in [1.54, 1.807) is 18.0 Å². The van der Waals surface area contributed by atoms with E-state index in [2.05, 4.69) is 4.98 Å². The summed E-state index contributed by atoms with van der Waals surface area (Å²) in [6.07, 6.45) is 0. The second kappa shape index (κ2) is 4.72. The maximum atomic E-state index is 12.2. The van der Waals surface area contributed by atoms with E-state index in [1.807, 2.05) is 31.2 Å². The Morgan fingerprint density at radius 2 is 2.12 bits per heavy atom. The largest absolute Gasteiger partial charge is 0.342 e. The van der Waals surface area contributed by atoms with Gasteiger partial charge >= 0.3 is 0 Å². The highest BCUT2D eigenvalue weighted by Gasteiger charge is 2.14. The van der Waals surface area contributed by atoms with Crippen LogP contribution in [0.25, 0.3) is 10.9 Å². The van der Waals surface area contributed by atoms with Crippen molar-refractivity contribution < 1.29 is 4.79 Å². The van der Waals surface area contributed by atoms with Crippen LogP contribution in [-0.4, -0.2) is 29.4 Å². The number of hydrogen-bond acceptors (Lipinski definition) is 2. The molecule has 88 valence electrons. The Hall–Kier alpha value is -1.61. The van der Waals surface area contributed by atoms with Gasteiger partial charge in [0.1, 0.15) is 5.15 Å². The van der Waals surface area contributed by atoms with Crippen LogP contribution in [0, 0.1) is 0 Å². The van der Waals surface area contributed by atoms with Crippen LogP contribution >= 0.6 is 11.6 Å². The maximum Gasteiger partial charge on any atom is 0.254 e. The van der Waals surface area contributed by atoms with Gasteiger partial charge in [0.2, 0.25) is 0 Å². The summed E-state index contributed by atoms with van der Waals surface area (Å²) in [6.45, 7) is 2.59. The number of nitrogens with zero attached hydrogens (tertiary/aromatic N) is 2. The van der Waals surface area contributed by atoms with Gasteiger partial charge in [0.05, 0.1) is 11.1 Å². The van der Waals surface area contributed by atoms with E-state index in [1.165, 1.54) is 0 Å². The van der Waals surface area contributed by atoms with Gasteiger partial charge in [-0.3, -0.25) is 4.79 Å². The highest BCUT2D eigenvalue weighted by molar-refractivity contribution is 6.30. The van der Waals surface area contributed by atoms with Crippen molar-refractivity contribution in [2.75, 3.05) is 13.6 Å². The van der Waals surface area contributed by atoms with Gasteiger partial charge in [-0.05, 0) is 19.1 Å². The van der Waals surface area contributed by atoms with Gasteiger partial charge in [0.15, 0.2) is 0 Å². The smallest absolute Gasteiger partial charge is 0.254 e. The predicted molar refractivity (Wildman–Crippen MR) is 69.4 cm³/mol. The van der Waals surface area contributed by atoms with E-state index in [-0.39, 0.29) is 5.91 Å². The van der Waals surface area contributed by atoms with Gasteiger partial charge in [-0.15, -0.1) is 0 Å². The molecule has 3 nitrogen and oxygen atoms in total. The number of carbonyl (C=O) groups excluding carboxylic acids is 1. The van der Waals surface area contributed by atoms with E-state index >= 15 is 0 Å². The third kappa shape index (κ3) is 2.24. The second-order valence-electron chi connectivity index (χ2n) is 3.83. The molecule has 0 bridgehead atoms. The summed E-state index contributed by atoms with van der Waals surface area (Å²) in [5, 5.41) is 1.18. The lowest BCUT2D eigenvalue weighted by molar-refractivity contribution is 0.0804. The molecule has 0 radical (unpaired) electrons. The number of fused-ring (bicyclic) bond motifs is 1. The molecule has 17 heavy (non-hydrogen) atoms. The van der Waals surface area contributed by atoms with Gasteiger partial charge in [0.25, 0.3) is 5.91 Å². The highest BCUT2D eigenvalue weighted by atomic mass is 35.5. The first-order valence-corrected chi connectivity index (χ1v) is 5.82. The average molecular weight is 249 g/mol. The van der Waals surface area contributed by atoms with Crippen LogP contribution in [-0.2, 0) is 0 Å². The molecule has 1 aromatic heterocycles. The van der Waals surface area contributed by atoms with Gasteiger partial charge in [0, 0.05) is 19.0 Å². The third-order valence-electron chi connectivity index (χ3n) is 2.74. The zero-order chi connectivity index (χ0) is 12.4. The Bertz CT molecular complexity index is 568. The van der Waals surface area contributed by atoms with Crippen LogP contribution in [0.4, 0.5) is 0 Å². The summed E-state index contributed by atoms with van der Waals surface area (Å²) in [6, 6.07) is 9.13. The number of aromatic nitrogens is 1. The fourth-order valence-corrected chi connectivity index (χ4v) is 1.87. The Morgan fingerprint density at radius 3 is 2.82 bits per heavy atom. The number of pyridine rings is 1. The van der Waals surface area contributed by atoms with Crippen LogP contribution in [0.5, 0.6) is 0 Å². The van der Waals surface area contributed by atoms with Crippen molar-refractivity contribution in [1.82, 2.24) is 9.88 Å². The molecule has 2 aromatic rings. The molecule has 0 fully saturated rings. The number of carbonyl (C=O) groups is 1. The van der Waals surface area contributed by atoms with Crippen LogP contribution in [0.3, 0.4) is 0 Å². The number of para-hydroxylation sites is 1. The van der Waals surface area contributed by atoms with Crippen molar-refractivity contribution in [3.05, 3.63) is 41.0 Å². The first-order chi connectivity index (χ1) is 8.13. The Labute approximate surface area is 105 Å². The van der Waals surface area contributed by atoms with Crippen LogP contribution in [0.1, 0.15) is 17.3 Å². The topological polar surface area (TPSA) is 33.2 Å². The lowest BCUT2D eigenvalue weighted by atomic mass is 10.1. The van der Waals surface area contributed by atoms with Gasteiger partial charge < -0.3 is 4.90 Å².